The lowest BCUT2D eigenvalue weighted by atomic mass is 9.64. The van der Waals surface area contributed by atoms with Gasteiger partial charge in [-0.05, 0) is 57.0 Å². The third-order valence-electron chi connectivity index (χ3n) is 6.46. The van der Waals surface area contributed by atoms with Crippen LogP contribution in [0.1, 0.15) is 31.2 Å². The fourth-order valence-electron chi connectivity index (χ4n) is 5.10. The Hall–Kier alpha value is -0.910. The summed E-state index contributed by atoms with van der Waals surface area (Å²) in [6.45, 7) is 2.34. The molecule has 2 aliphatic heterocycles. The molecule has 3 atom stereocenters. The molecule has 2 heterocycles. The largest absolute Gasteiger partial charge is 0.493 e. The van der Waals surface area contributed by atoms with Gasteiger partial charge in [-0.3, -0.25) is 0 Å². The Kier molecular flexibility index (Phi) is 4.22. The SMILES string of the molecule is COc1ccc([C@]23CCN(C)[C@H]2CC2(CC3)NCCS2)cc1OC. The van der Waals surface area contributed by atoms with Gasteiger partial charge in [-0.25, -0.2) is 0 Å². The van der Waals surface area contributed by atoms with Crippen molar-refractivity contribution < 1.29 is 9.47 Å². The van der Waals surface area contributed by atoms with Crippen LogP contribution in [0.25, 0.3) is 0 Å². The molecule has 1 saturated carbocycles. The Labute approximate surface area is 149 Å². The molecule has 4 rings (SSSR count). The summed E-state index contributed by atoms with van der Waals surface area (Å²) >= 11 is 2.14. The van der Waals surface area contributed by atoms with Crippen LogP contribution in [0.15, 0.2) is 18.2 Å². The smallest absolute Gasteiger partial charge is 0.161 e. The topological polar surface area (TPSA) is 33.7 Å². The Morgan fingerprint density at radius 1 is 1.17 bits per heavy atom. The van der Waals surface area contributed by atoms with Crippen molar-refractivity contribution in [3.63, 3.8) is 0 Å². The summed E-state index contributed by atoms with van der Waals surface area (Å²) < 4.78 is 11.0. The number of rotatable bonds is 3. The molecule has 1 unspecified atom stereocenters. The van der Waals surface area contributed by atoms with E-state index >= 15 is 0 Å². The number of nitrogens with one attached hydrogen (secondary N) is 1. The van der Waals surface area contributed by atoms with Crippen LogP contribution in [0.4, 0.5) is 0 Å². The van der Waals surface area contributed by atoms with Crippen LogP contribution in [0, 0.1) is 0 Å². The summed E-state index contributed by atoms with van der Waals surface area (Å²) in [5.41, 5.74) is 1.68. The molecule has 132 valence electrons. The Bertz CT molecular complexity index is 617. The van der Waals surface area contributed by atoms with E-state index in [9.17, 15) is 0 Å². The first-order chi connectivity index (χ1) is 11.6. The normalized spacial score (nSPS) is 36.0. The minimum Gasteiger partial charge on any atom is -0.493 e. The quantitative estimate of drug-likeness (QED) is 0.908. The lowest BCUT2D eigenvalue weighted by Crippen LogP contribution is -2.54. The third kappa shape index (κ3) is 2.44. The number of fused-ring (bicyclic) bond motifs is 1. The molecule has 0 amide bonds. The zero-order chi connectivity index (χ0) is 16.8. The number of likely N-dealkylation sites (N-methyl/N-ethyl adjacent to an activating group) is 1. The van der Waals surface area contributed by atoms with E-state index in [1.54, 1.807) is 14.2 Å². The Balaban J connectivity index is 1.70. The molecule has 4 nitrogen and oxygen atoms in total. The van der Waals surface area contributed by atoms with E-state index in [1.807, 2.05) is 0 Å². The maximum atomic E-state index is 5.58. The first-order valence-electron chi connectivity index (χ1n) is 8.94. The Morgan fingerprint density at radius 3 is 2.71 bits per heavy atom. The van der Waals surface area contributed by atoms with Gasteiger partial charge in [-0.15, -0.1) is 11.8 Å². The summed E-state index contributed by atoms with van der Waals surface area (Å²) in [6, 6.07) is 7.16. The van der Waals surface area contributed by atoms with Gasteiger partial charge in [0.25, 0.3) is 0 Å². The average Bonchev–Trinajstić information content (AvgIpc) is 3.21. The van der Waals surface area contributed by atoms with Crippen molar-refractivity contribution in [3.05, 3.63) is 23.8 Å². The second-order valence-electron chi connectivity index (χ2n) is 7.45. The van der Waals surface area contributed by atoms with Crippen molar-refractivity contribution in [2.45, 2.75) is 42.0 Å². The van der Waals surface area contributed by atoms with Crippen LogP contribution in [0.2, 0.25) is 0 Å². The van der Waals surface area contributed by atoms with Crippen molar-refractivity contribution in [3.8, 4) is 11.5 Å². The second kappa shape index (κ2) is 6.11. The number of nitrogens with zero attached hydrogens (tertiary/aromatic N) is 1. The predicted molar refractivity (Wildman–Crippen MR) is 99.3 cm³/mol. The van der Waals surface area contributed by atoms with E-state index in [4.69, 9.17) is 9.47 Å². The van der Waals surface area contributed by atoms with Gasteiger partial charge in [0.05, 0.1) is 19.1 Å². The summed E-state index contributed by atoms with van der Waals surface area (Å²) in [5.74, 6) is 2.92. The average molecular weight is 349 g/mol. The van der Waals surface area contributed by atoms with Crippen LogP contribution in [-0.4, -0.2) is 55.9 Å². The highest BCUT2D eigenvalue weighted by atomic mass is 32.2. The summed E-state index contributed by atoms with van der Waals surface area (Å²) in [5, 5.41) is 3.81. The van der Waals surface area contributed by atoms with E-state index in [2.05, 4.69) is 47.2 Å². The second-order valence-corrected chi connectivity index (χ2v) is 8.92. The van der Waals surface area contributed by atoms with Crippen molar-refractivity contribution in [1.82, 2.24) is 10.2 Å². The number of hydrogen-bond donors (Lipinski definition) is 1. The molecule has 1 aromatic rings. The van der Waals surface area contributed by atoms with Crippen LogP contribution >= 0.6 is 11.8 Å². The van der Waals surface area contributed by atoms with Crippen molar-refractivity contribution in [2.75, 3.05) is 40.1 Å². The maximum absolute atomic E-state index is 5.58. The van der Waals surface area contributed by atoms with Crippen molar-refractivity contribution in [1.29, 1.82) is 0 Å². The molecule has 1 spiro atoms. The molecule has 24 heavy (non-hydrogen) atoms. The summed E-state index contributed by atoms with van der Waals surface area (Å²) in [6.07, 6.45) is 4.99. The molecule has 0 radical (unpaired) electrons. The van der Waals surface area contributed by atoms with Gasteiger partial charge < -0.3 is 19.7 Å². The number of methoxy groups -OCH3 is 2. The highest BCUT2D eigenvalue weighted by Gasteiger charge is 2.55. The van der Waals surface area contributed by atoms with Gasteiger partial charge in [-0.1, -0.05) is 6.07 Å². The van der Waals surface area contributed by atoms with Gasteiger partial charge in [0.1, 0.15) is 0 Å². The maximum Gasteiger partial charge on any atom is 0.161 e. The minimum atomic E-state index is 0.254. The molecule has 3 aliphatic rings. The van der Waals surface area contributed by atoms with Crippen LogP contribution < -0.4 is 14.8 Å². The molecule has 0 aromatic heterocycles. The van der Waals surface area contributed by atoms with Gasteiger partial charge in [0, 0.05) is 23.8 Å². The lowest BCUT2D eigenvalue weighted by molar-refractivity contribution is 0.145. The van der Waals surface area contributed by atoms with Crippen LogP contribution in [-0.2, 0) is 5.41 Å². The van der Waals surface area contributed by atoms with Crippen LogP contribution in [0.5, 0.6) is 11.5 Å². The fraction of sp³-hybridized carbons (Fsp3) is 0.684. The van der Waals surface area contributed by atoms with Crippen molar-refractivity contribution >= 4 is 11.8 Å². The molecule has 1 N–H and O–H groups in total. The highest BCUT2D eigenvalue weighted by Crippen LogP contribution is 2.55. The predicted octanol–water partition coefficient (Wildman–Crippen LogP) is 2.86. The van der Waals surface area contributed by atoms with E-state index in [-0.39, 0.29) is 5.41 Å². The highest BCUT2D eigenvalue weighted by molar-refractivity contribution is 8.00. The van der Waals surface area contributed by atoms with E-state index < -0.39 is 0 Å². The fourth-order valence-corrected chi connectivity index (χ4v) is 6.42. The van der Waals surface area contributed by atoms with E-state index in [0.29, 0.717) is 10.9 Å². The molecular weight excluding hydrogens is 320 g/mol. The third-order valence-corrected chi connectivity index (χ3v) is 7.94. The van der Waals surface area contributed by atoms with Gasteiger partial charge in [-0.2, -0.15) is 0 Å². The van der Waals surface area contributed by atoms with E-state index in [1.165, 1.54) is 43.5 Å². The lowest BCUT2D eigenvalue weighted by Gasteiger charge is -2.48. The zero-order valence-corrected chi connectivity index (χ0v) is 15.7. The van der Waals surface area contributed by atoms with E-state index in [0.717, 1.165) is 18.0 Å². The molecule has 0 bridgehead atoms. The number of thioether (sulfide) groups is 1. The number of hydrogen-bond acceptors (Lipinski definition) is 5. The first-order valence-corrected chi connectivity index (χ1v) is 9.93. The molecule has 1 aliphatic carbocycles. The number of likely N-dealkylation sites (tertiary alicyclic amines) is 1. The zero-order valence-electron chi connectivity index (χ0n) is 14.9. The first kappa shape index (κ1) is 16.6. The van der Waals surface area contributed by atoms with Crippen molar-refractivity contribution in [2.24, 2.45) is 0 Å². The summed E-state index contributed by atoms with van der Waals surface area (Å²) in [4.78, 5) is 2.89. The molecule has 2 saturated heterocycles. The molecular formula is C19H28N2O2S. The van der Waals surface area contributed by atoms with Gasteiger partial charge in [0.15, 0.2) is 11.5 Å². The van der Waals surface area contributed by atoms with Gasteiger partial charge in [0.2, 0.25) is 0 Å². The number of benzene rings is 1. The summed E-state index contributed by atoms with van der Waals surface area (Å²) in [7, 11) is 5.73. The molecule has 5 heteroatoms. The molecule has 3 fully saturated rings. The molecule has 1 aromatic carbocycles. The van der Waals surface area contributed by atoms with Gasteiger partial charge >= 0.3 is 0 Å². The monoisotopic (exact) mass is 348 g/mol. The Morgan fingerprint density at radius 2 is 2.00 bits per heavy atom. The number of ether oxygens (including phenoxy) is 2. The standard InChI is InChI=1S/C19H28N2O2S/c1-21-10-8-18(14-4-5-15(22-2)16(12-14)23-3)6-7-19(13-17(18)21)20-9-11-24-19/h4-5,12,17,20H,6-11,13H2,1-3H3/t17-,18-,19?/m0/s1. The minimum absolute atomic E-state index is 0.254. The van der Waals surface area contributed by atoms with Crippen LogP contribution in [0.3, 0.4) is 0 Å².